The zero-order valence-corrected chi connectivity index (χ0v) is 15.3. The van der Waals surface area contributed by atoms with E-state index >= 15 is 0 Å². The van der Waals surface area contributed by atoms with Crippen molar-refractivity contribution in [2.24, 2.45) is 0 Å². The zero-order valence-electron chi connectivity index (χ0n) is 15.3. The van der Waals surface area contributed by atoms with Crippen LogP contribution in [0.15, 0.2) is 40.9 Å². The van der Waals surface area contributed by atoms with Gasteiger partial charge in [-0.25, -0.2) is 4.98 Å². The minimum Gasteiger partial charge on any atom is -0.357 e. The van der Waals surface area contributed by atoms with Crippen molar-refractivity contribution in [1.82, 2.24) is 15.1 Å². The molecule has 2 heterocycles. The third-order valence-electron chi connectivity index (χ3n) is 4.29. The van der Waals surface area contributed by atoms with E-state index in [2.05, 4.69) is 52.9 Å². The van der Waals surface area contributed by atoms with Gasteiger partial charge in [0, 0.05) is 29.9 Å². The fourth-order valence-electron chi connectivity index (χ4n) is 2.87. The highest BCUT2D eigenvalue weighted by Gasteiger charge is 2.14. The van der Waals surface area contributed by atoms with Crippen LogP contribution < -0.4 is 4.90 Å². The minimum absolute atomic E-state index is 0.524. The van der Waals surface area contributed by atoms with E-state index in [1.165, 1.54) is 5.56 Å². The van der Waals surface area contributed by atoms with Crippen molar-refractivity contribution in [1.29, 1.82) is 0 Å². The fraction of sp³-hybridized carbons (Fsp3) is 0.350. The van der Waals surface area contributed by atoms with Gasteiger partial charge >= 0.3 is 0 Å². The predicted molar refractivity (Wildman–Crippen MR) is 101 cm³/mol. The Morgan fingerprint density at radius 3 is 2.48 bits per heavy atom. The number of benzene rings is 1. The van der Waals surface area contributed by atoms with Crippen molar-refractivity contribution in [3.8, 4) is 22.8 Å². The van der Waals surface area contributed by atoms with Gasteiger partial charge in [-0.2, -0.15) is 4.98 Å². The molecule has 0 spiro atoms. The topological polar surface area (TPSA) is 55.1 Å². The molecule has 0 unspecified atom stereocenters. The van der Waals surface area contributed by atoms with Crippen molar-refractivity contribution in [3.63, 3.8) is 0 Å². The van der Waals surface area contributed by atoms with Gasteiger partial charge in [-0.3, -0.25) is 0 Å². The molecule has 0 N–H and O–H groups in total. The summed E-state index contributed by atoms with van der Waals surface area (Å²) < 4.78 is 5.53. The van der Waals surface area contributed by atoms with E-state index in [0.717, 1.165) is 42.1 Å². The van der Waals surface area contributed by atoms with Crippen LogP contribution in [0.1, 0.15) is 32.0 Å². The molecule has 5 nitrogen and oxygen atoms in total. The number of hydrogen-bond acceptors (Lipinski definition) is 5. The third-order valence-corrected chi connectivity index (χ3v) is 4.29. The second-order valence-electron chi connectivity index (χ2n) is 6.00. The third kappa shape index (κ3) is 3.71. The summed E-state index contributed by atoms with van der Waals surface area (Å²) in [5, 5.41) is 4.16. The van der Waals surface area contributed by atoms with Crippen molar-refractivity contribution in [2.45, 2.75) is 34.1 Å². The first-order chi connectivity index (χ1) is 12.1. The monoisotopic (exact) mass is 336 g/mol. The standard InChI is InChI=1S/C20H24N4O/c1-5-15-9-8-10-16(12-15)19-22-20(25-23-19)17-11-14(4)21-18(13-17)24(6-2)7-3/h8-13H,5-7H2,1-4H3. The molecule has 0 aliphatic rings. The van der Waals surface area contributed by atoms with Crippen LogP contribution in [0.3, 0.4) is 0 Å². The largest absolute Gasteiger partial charge is 0.357 e. The maximum atomic E-state index is 5.53. The average Bonchev–Trinajstić information content (AvgIpc) is 3.13. The maximum Gasteiger partial charge on any atom is 0.258 e. The highest BCUT2D eigenvalue weighted by molar-refractivity contribution is 5.63. The maximum absolute atomic E-state index is 5.53. The summed E-state index contributed by atoms with van der Waals surface area (Å²) in [6, 6.07) is 12.2. The van der Waals surface area contributed by atoms with Gasteiger partial charge < -0.3 is 9.42 Å². The Balaban J connectivity index is 1.96. The second kappa shape index (κ2) is 7.47. The number of anilines is 1. The molecule has 130 valence electrons. The number of aryl methyl sites for hydroxylation is 2. The lowest BCUT2D eigenvalue weighted by atomic mass is 10.1. The van der Waals surface area contributed by atoms with Crippen LogP contribution in [0.4, 0.5) is 5.82 Å². The Morgan fingerprint density at radius 1 is 0.960 bits per heavy atom. The van der Waals surface area contributed by atoms with Gasteiger partial charge in [0.25, 0.3) is 5.89 Å². The van der Waals surface area contributed by atoms with E-state index in [9.17, 15) is 0 Å². The molecule has 5 heteroatoms. The van der Waals surface area contributed by atoms with Crippen molar-refractivity contribution < 1.29 is 4.52 Å². The molecule has 0 aliphatic heterocycles. The lowest BCUT2D eigenvalue weighted by Crippen LogP contribution is -2.23. The van der Waals surface area contributed by atoms with Gasteiger partial charge in [0.15, 0.2) is 0 Å². The highest BCUT2D eigenvalue weighted by atomic mass is 16.5. The molecule has 0 fully saturated rings. The molecular formula is C20H24N4O. The minimum atomic E-state index is 0.524. The Hall–Kier alpha value is -2.69. The van der Waals surface area contributed by atoms with Gasteiger partial charge in [-0.05, 0) is 51.0 Å². The smallest absolute Gasteiger partial charge is 0.258 e. The Kier molecular flexibility index (Phi) is 5.12. The van der Waals surface area contributed by atoms with E-state index in [4.69, 9.17) is 4.52 Å². The van der Waals surface area contributed by atoms with Crippen LogP contribution in [0.25, 0.3) is 22.8 Å². The van der Waals surface area contributed by atoms with Crippen LogP contribution in [-0.4, -0.2) is 28.2 Å². The molecule has 0 radical (unpaired) electrons. The molecule has 2 aromatic heterocycles. The quantitative estimate of drug-likeness (QED) is 0.662. The Labute approximate surface area is 148 Å². The van der Waals surface area contributed by atoms with Crippen LogP contribution >= 0.6 is 0 Å². The van der Waals surface area contributed by atoms with Gasteiger partial charge in [0.2, 0.25) is 5.82 Å². The molecule has 0 saturated heterocycles. The lowest BCUT2D eigenvalue weighted by molar-refractivity contribution is 0.432. The van der Waals surface area contributed by atoms with Crippen molar-refractivity contribution in [3.05, 3.63) is 47.7 Å². The Morgan fingerprint density at radius 2 is 1.76 bits per heavy atom. The molecule has 0 aliphatic carbocycles. The van der Waals surface area contributed by atoms with Gasteiger partial charge in [-0.15, -0.1) is 0 Å². The summed E-state index contributed by atoms with van der Waals surface area (Å²) >= 11 is 0. The first-order valence-electron chi connectivity index (χ1n) is 8.81. The summed E-state index contributed by atoms with van der Waals surface area (Å²) in [7, 11) is 0. The van der Waals surface area contributed by atoms with Crippen molar-refractivity contribution >= 4 is 5.82 Å². The highest BCUT2D eigenvalue weighted by Crippen LogP contribution is 2.26. The number of hydrogen-bond donors (Lipinski definition) is 0. The van der Waals surface area contributed by atoms with Crippen LogP contribution in [0, 0.1) is 6.92 Å². The number of aromatic nitrogens is 3. The first kappa shape index (κ1) is 17.1. The summed E-state index contributed by atoms with van der Waals surface area (Å²) in [4.78, 5) is 11.4. The molecule has 0 amide bonds. The van der Waals surface area contributed by atoms with E-state index < -0.39 is 0 Å². The van der Waals surface area contributed by atoms with E-state index in [-0.39, 0.29) is 0 Å². The van der Waals surface area contributed by atoms with Gasteiger partial charge in [-0.1, -0.05) is 30.3 Å². The summed E-state index contributed by atoms with van der Waals surface area (Å²) in [5.41, 5.74) is 4.07. The lowest BCUT2D eigenvalue weighted by Gasteiger charge is -2.20. The molecule has 0 atom stereocenters. The number of rotatable bonds is 6. The molecule has 25 heavy (non-hydrogen) atoms. The van der Waals surface area contributed by atoms with E-state index in [1.807, 2.05) is 31.2 Å². The fourth-order valence-corrected chi connectivity index (χ4v) is 2.87. The van der Waals surface area contributed by atoms with Crippen molar-refractivity contribution in [2.75, 3.05) is 18.0 Å². The van der Waals surface area contributed by atoms with Crippen LogP contribution in [-0.2, 0) is 6.42 Å². The number of pyridine rings is 1. The van der Waals surface area contributed by atoms with E-state index in [0.29, 0.717) is 11.7 Å². The predicted octanol–water partition coefficient (Wildman–Crippen LogP) is 4.52. The van der Waals surface area contributed by atoms with Crippen LogP contribution in [0.5, 0.6) is 0 Å². The molecule has 0 bridgehead atoms. The summed E-state index contributed by atoms with van der Waals surface area (Å²) in [5.74, 6) is 2.08. The normalized spacial score (nSPS) is 10.9. The number of nitrogens with zero attached hydrogens (tertiary/aromatic N) is 4. The summed E-state index contributed by atoms with van der Waals surface area (Å²) in [6.07, 6.45) is 0.981. The zero-order chi connectivity index (χ0) is 17.8. The van der Waals surface area contributed by atoms with Gasteiger partial charge in [0.1, 0.15) is 5.82 Å². The van der Waals surface area contributed by atoms with Gasteiger partial charge in [0.05, 0.1) is 0 Å². The average molecular weight is 336 g/mol. The Bertz CT molecular complexity index is 852. The molecule has 3 aromatic rings. The molecule has 3 rings (SSSR count). The molecule has 1 aromatic carbocycles. The second-order valence-corrected chi connectivity index (χ2v) is 6.00. The van der Waals surface area contributed by atoms with E-state index in [1.54, 1.807) is 0 Å². The van der Waals surface area contributed by atoms with Crippen LogP contribution in [0.2, 0.25) is 0 Å². The first-order valence-corrected chi connectivity index (χ1v) is 8.81. The molecule has 0 saturated carbocycles. The SMILES string of the molecule is CCc1cccc(-c2noc(-c3cc(C)nc(N(CC)CC)c3)n2)c1. The summed E-state index contributed by atoms with van der Waals surface area (Å²) in [6.45, 7) is 10.2. The molecular weight excluding hydrogens is 312 g/mol.